The van der Waals surface area contributed by atoms with Crippen LogP contribution in [-0.4, -0.2) is 46.3 Å². The van der Waals surface area contributed by atoms with E-state index in [0.29, 0.717) is 11.5 Å². The fourth-order valence-electron chi connectivity index (χ4n) is 1.13. The smallest absolute Gasteiger partial charge is 0.333 e. The van der Waals surface area contributed by atoms with E-state index < -0.39 is 17.8 Å². The highest BCUT2D eigenvalue weighted by Crippen LogP contribution is 2.12. The van der Waals surface area contributed by atoms with Gasteiger partial charge < -0.3 is 15.1 Å². The molecule has 7 nitrogen and oxygen atoms in total. The molecule has 1 fully saturated rings. The van der Waals surface area contributed by atoms with Crippen LogP contribution in [-0.2, 0) is 19.2 Å². The molecule has 1 aliphatic rings. The van der Waals surface area contributed by atoms with Crippen molar-refractivity contribution in [3.63, 3.8) is 0 Å². The molecule has 0 spiro atoms. The molecule has 1 saturated heterocycles. The molecule has 0 saturated carbocycles. The van der Waals surface area contributed by atoms with Gasteiger partial charge in [0.25, 0.3) is 11.8 Å². The molecular weight excluding hydrogens is 242 g/mol. The Labute approximate surface area is 105 Å². The second kappa shape index (κ2) is 9.55. The fourth-order valence-corrected chi connectivity index (χ4v) is 1.13. The van der Waals surface area contributed by atoms with Gasteiger partial charge in [-0.25, -0.2) is 4.79 Å². The number of hydrogen-bond donors (Lipinski definition) is 2. The molecule has 2 N–H and O–H groups in total. The highest BCUT2D eigenvalue weighted by atomic mass is 16.7. The standard InChI is InChI=1S/C9H13NO4.C2H6O2/c1-2-3-4-9(13)14-10-7(11)5-6-8(10)12;3-1-2-4/h2-6H2,1H3;3-4H,1-2H2. The molecule has 0 atom stereocenters. The fraction of sp³-hybridized carbons (Fsp3) is 0.727. The van der Waals surface area contributed by atoms with Crippen LogP contribution in [0.4, 0.5) is 0 Å². The van der Waals surface area contributed by atoms with E-state index >= 15 is 0 Å². The third-order valence-corrected chi connectivity index (χ3v) is 2.03. The zero-order chi connectivity index (χ0) is 14.0. The van der Waals surface area contributed by atoms with Crippen LogP contribution in [0.1, 0.15) is 39.0 Å². The Morgan fingerprint density at radius 3 is 2.11 bits per heavy atom. The van der Waals surface area contributed by atoms with Crippen molar-refractivity contribution in [3.8, 4) is 0 Å². The number of unbranched alkanes of at least 4 members (excludes halogenated alkanes) is 1. The van der Waals surface area contributed by atoms with Crippen LogP contribution in [0, 0.1) is 0 Å². The largest absolute Gasteiger partial charge is 0.394 e. The van der Waals surface area contributed by atoms with Crippen molar-refractivity contribution in [2.75, 3.05) is 13.2 Å². The van der Waals surface area contributed by atoms with Crippen molar-refractivity contribution in [1.82, 2.24) is 5.06 Å². The van der Waals surface area contributed by atoms with Gasteiger partial charge in [0.15, 0.2) is 0 Å². The van der Waals surface area contributed by atoms with E-state index in [1.54, 1.807) is 0 Å². The highest BCUT2D eigenvalue weighted by Gasteiger charge is 2.32. The third kappa shape index (κ3) is 6.31. The molecule has 0 aliphatic carbocycles. The summed E-state index contributed by atoms with van der Waals surface area (Å²) in [7, 11) is 0. The Kier molecular flexibility index (Phi) is 8.77. The summed E-state index contributed by atoms with van der Waals surface area (Å²) in [5.74, 6) is -1.38. The van der Waals surface area contributed by atoms with Gasteiger partial charge in [-0.15, -0.1) is 5.06 Å². The van der Waals surface area contributed by atoms with Crippen LogP contribution in [0.3, 0.4) is 0 Å². The van der Waals surface area contributed by atoms with Crippen LogP contribution < -0.4 is 0 Å². The van der Waals surface area contributed by atoms with Gasteiger partial charge in [0.1, 0.15) is 0 Å². The van der Waals surface area contributed by atoms with Crippen LogP contribution >= 0.6 is 0 Å². The number of carbonyl (C=O) groups excluding carboxylic acids is 3. The average molecular weight is 261 g/mol. The predicted octanol–water partition coefficient (Wildman–Crippen LogP) is -0.245. The minimum Gasteiger partial charge on any atom is -0.394 e. The van der Waals surface area contributed by atoms with Gasteiger partial charge in [-0.1, -0.05) is 13.3 Å². The van der Waals surface area contributed by atoms with E-state index in [1.165, 1.54) is 0 Å². The lowest BCUT2D eigenvalue weighted by Gasteiger charge is -2.11. The van der Waals surface area contributed by atoms with E-state index in [4.69, 9.17) is 10.2 Å². The quantitative estimate of drug-likeness (QED) is 0.662. The Hall–Kier alpha value is -1.47. The number of amides is 2. The van der Waals surface area contributed by atoms with Gasteiger partial charge in [-0.05, 0) is 6.42 Å². The first kappa shape index (κ1) is 16.5. The first-order valence-corrected chi connectivity index (χ1v) is 5.85. The molecule has 0 unspecified atom stereocenters. The lowest BCUT2D eigenvalue weighted by atomic mass is 10.3. The molecule has 0 aromatic heterocycles. The monoisotopic (exact) mass is 261 g/mol. The van der Waals surface area contributed by atoms with Crippen molar-refractivity contribution in [1.29, 1.82) is 0 Å². The summed E-state index contributed by atoms with van der Waals surface area (Å²) in [5.41, 5.74) is 0. The van der Waals surface area contributed by atoms with Gasteiger partial charge in [0, 0.05) is 19.3 Å². The number of imide groups is 1. The topological polar surface area (TPSA) is 104 Å². The summed E-state index contributed by atoms with van der Waals surface area (Å²) in [6.07, 6.45) is 2.10. The minimum absolute atomic E-state index is 0.125. The van der Waals surface area contributed by atoms with Crippen LogP contribution in [0.25, 0.3) is 0 Å². The number of hydroxylamine groups is 2. The van der Waals surface area contributed by atoms with Gasteiger partial charge >= 0.3 is 5.97 Å². The molecule has 0 radical (unpaired) electrons. The Bertz CT molecular complexity index is 273. The first-order valence-electron chi connectivity index (χ1n) is 5.85. The third-order valence-electron chi connectivity index (χ3n) is 2.03. The van der Waals surface area contributed by atoms with Crippen molar-refractivity contribution in [3.05, 3.63) is 0 Å². The van der Waals surface area contributed by atoms with E-state index in [1.807, 2.05) is 6.92 Å². The molecule has 0 aromatic rings. The van der Waals surface area contributed by atoms with Gasteiger partial charge in [-0.2, -0.15) is 0 Å². The van der Waals surface area contributed by atoms with Gasteiger partial charge in [0.05, 0.1) is 13.2 Å². The maximum atomic E-state index is 11.1. The predicted molar refractivity (Wildman–Crippen MR) is 60.9 cm³/mol. The SMILES string of the molecule is CCCCC(=O)ON1C(=O)CCC1=O.OCCO. The summed E-state index contributed by atoms with van der Waals surface area (Å²) < 4.78 is 0. The summed E-state index contributed by atoms with van der Waals surface area (Å²) in [4.78, 5) is 37.8. The van der Waals surface area contributed by atoms with Crippen molar-refractivity contribution in [2.24, 2.45) is 0 Å². The normalized spacial score (nSPS) is 14.3. The summed E-state index contributed by atoms with van der Waals surface area (Å²) in [5, 5.41) is 15.8. The van der Waals surface area contributed by atoms with E-state index in [0.717, 1.165) is 6.42 Å². The molecule has 1 heterocycles. The molecule has 7 heteroatoms. The Morgan fingerprint density at radius 1 is 1.22 bits per heavy atom. The number of nitrogens with zero attached hydrogens (tertiary/aromatic N) is 1. The van der Waals surface area contributed by atoms with Crippen LogP contribution in [0.15, 0.2) is 0 Å². The van der Waals surface area contributed by atoms with Crippen molar-refractivity contribution >= 4 is 17.8 Å². The molecule has 0 bridgehead atoms. The molecule has 1 rings (SSSR count). The number of carbonyl (C=O) groups is 3. The van der Waals surface area contributed by atoms with Crippen molar-refractivity contribution in [2.45, 2.75) is 39.0 Å². The number of hydrogen-bond acceptors (Lipinski definition) is 6. The lowest BCUT2D eigenvalue weighted by molar-refractivity contribution is -0.197. The molecule has 18 heavy (non-hydrogen) atoms. The lowest BCUT2D eigenvalue weighted by Crippen LogP contribution is -2.31. The first-order chi connectivity index (χ1) is 8.56. The number of aliphatic hydroxyl groups excluding tert-OH is 2. The van der Waals surface area contributed by atoms with Crippen LogP contribution in [0.2, 0.25) is 0 Å². The summed E-state index contributed by atoms with van der Waals surface area (Å²) in [6, 6.07) is 0. The maximum absolute atomic E-state index is 11.1. The molecular formula is C11H19NO6. The molecule has 2 amide bonds. The van der Waals surface area contributed by atoms with E-state index in [-0.39, 0.29) is 32.5 Å². The van der Waals surface area contributed by atoms with Crippen LogP contribution in [0.5, 0.6) is 0 Å². The van der Waals surface area contributed by atoms with Gasteiger partial charge in [0.2, 0.25) is 0 Å². The number of rotatable bonds is 5. The second-order valence-corrected chi connectivity index (χ2v) is 3.60. The Balaban J connectivity index is 0.000000631. The van der Waals surface area contributed by atoms with E-state index in [2.05, 4.69) is 4.84 Å². The molecule has 0 aromatic carbocycles. The molecule has 104 valence electrons. The minimum atomic E-state index is -0.518. The summed E-state index contributed by atoms with van der Waals surface area (Å²) in [6.45, 7) is 1.69. The summed E-state index contributed by atoms with van der Waals surface area (Å²) >= 11 is 0. The highest BCUT2D eigenvalue weighted by molar-refractivity contribution is 6.01. The zero-order valence-electron chi connectivity index (χ0n) is 10.4. The average Bonchev–Trinajstić information content (AvgIpc) is 2.68. The van der Waals surface area contributed by atoms with Crippen molar-refractivity contribution < 1.29 is 29.4 Å². The second-order valence-electron chi connectivity index (χ2n) is 3.60. The molecule has 1 aliphatic heterocycles. The van der Waals surface area contributed by atoms with E-state index in [9.17, 15) is 14.4 Å². The number of aliphatic hydroxyl groups is 2. The zero-order valence-corrected chi connectivity index (χ0v) is 10.4. The Morgan fingerprint density at radius 2 is 1.72 bits per heavy atom. The van der Waals surface area contributed by atoms with Gasteiger partial charge in [-0.3, -0.25) is 9.59 Å². The maximum Gasteiger partial charge on any atom is 0.333 e.